The van der Waals surface area contributed by atoms with Crippen molar-refractivity contribution < 1.29 is 14.0 Å². The Labute approximate surface area is 85.1 Å². The molecule has 78 valence electrons. The number of halogens is 1. The van der Waals surface area contributed by atoms with Gasteiger partial charge >= 0.3 is 0 Å². The molecule has 1 aromatic heterocycles. The molecular weight excluding hydrogens is 199 g/mol. The summed E-state index contributed by atoms with van der Waals surface area (Å²) in [6, 6.07) is 3.88. The van der Waals surface area contributed by atoms with Gasteiger partial charge in [0, 0.05) is 6.07 Å². The van der Waals surface area contributed by atoms with Crippen molar-refractivity contribution in [3.63, 3.8) is 0 Å². The Morgan fingerprint density at radius 2 is 2.20 bits per heavy atom. The second-order valence-electron chi connectivity index (χ2n) is 3.18. The molecule has 2 rings (SSSR count). The van der Waals surface area contributed by atoms with Crippen LogP contribution in [-0.4, -0.2) is 10.3 Å². The number of nitrogen functional groups attached to an aromatic ring is 1. The minimum atomic E-state index is -0.419. The van der Waals surface area contributed by atoms with Crippen LogP contribution < -0.4 is 5.73 Å². The first-order chi connectivity index (χ1) is 7.09. The summed E-state index contributed by atoms with van der Waals surface area (Å²) in [6.45, 7) is 1.54. The number of rotatable bonds is 1. The van der Waals surface area contributed by atoms with E-state index >= 15 is 0 Å². The van der Waals surface area contributed by atoms with Gasteiger partial charge in [-0.25, -0.2) is 4.39 Å². The van der Waals surface area contributed by atoms with Crippen LogP contribution in [0.25, 0.3) is 11.3 Å². The van der Waals surface area contributed by atoms with Crippen molar-refractivity contribution >= 4 is 5.82 Å². The van der Waals surface area contributed by atoms with E-state index < -0.39 is 5.82 Å². The SMILES string of the molecule is Cc1c(F)ccc(O)c1-c1cc(N)no1. The van der Waals surface area contributed by atoms with E-state index in [1.807, 2.05) is 0 Å². The minimum absolute atomic E-state index is 0.0648. The van der Waals surface area contributed by atoms with Gasteiger partial charge in [0.2, 0.25) is 0 Å². The first-order valence-electron chi connectivity index (χ1n) is 4.30. The molecule has 0 amide bonds. The molecule has 0 bridgehead atoms. The van der Waals surface area contributed by atoms with E-state index in [-0.39, 0.29) is 22.9 Å². The lowest BCUT2D eigenvalue weighted by atomic mass is 10.0. The molecule has 1 heterocycles. The second-order valence-corrected chi connectivity index (χ2v) is 3.18. The van der Waals surface area contributed by atoms with Crippen molar-refractivity contribution in [2.45, 2.75) is 6.92 Å². The lowest BCUT2D eigenvalue weighted by Crippen LogP contribution is -1.87. The van der Waals surface area contributed by atoms with Crippen molar-refractivity contribution in [3.05, 3.63) is 29.6 Å². The van der Waals surface area contributed by atoms with Gasteiger partial charge < -0.3 is 15.4 Å². The molecule has 0 fully saturated rings. The molecular formula is C10H9FN2O2. The predicted molar refractivity (Wildman–Crippen MR) is 52.7 cm³/mol. The van der Waals surface area contributed by atoms with Gasteiger partial charge in [0.15, 0.2) is 11.6 Å². The first kappa shape index (κ1) is 9.51. The van der Waals surface area contributed by atoms with Gasteiger partial charge in [0.1, 0.15) is 11.6 Å². The molecule has 0 atom stereocenters. The minimum Gasteiger partial charge on any atom is -0.507 e. The van der Waals surface area contributed by atoms with Crippen LogP contribution in [-0.2, 0) is 0 Å². The molecule has 15 heavy (non-hydrogen) atoms. The van der Waals surface area contributed by atoms with E-state index in [2.05, 4.69) is 5.16 Å². The Bertz CT molecular complexity index is 508. The van der Waals surface area contributed by atoms with E-state index in [1.165, 1.54) is 18.2 Å². The van der Waals surface area contributed by atoms with Crippen LogP contribution in [0, 0.1) is 12.7 Å². The van der Waals surface area contributed by atoms with Crippen molar-refractivity contribution in [3.8, 4) is 17.1 Å². The maximum atomic E-state index is 13.2. The van der Waals surface area contributed by atoms with Gasteiger partial charge in [-0.2, -0.15) is 0 Å². The summed E-state index contributed by atoms with van der Waals surface area (Å²) in [4.78, 5) is 0. The molecule has 0 unspecified atom stereocenters. The van der Waals surface area contributed by atoms with Crippen LogP contribution in [0.1, 0.15) is 5.56 Å². The lowest BCUT2D eigenvalue weighted by molar-refractivity contribution is 0.427. The van der Waals surface area contributed by atoms with Crippen LogP contribution in [0.15, 0.2) is 22.7 Å². The van der Waals surface area contributed by atoms with Crippen LogP contribution in [0.3, 0.4) is 0 Å². The van der Waals surface area contributed by atoms with Crippen molar-refractivity contribution in [2.75, 3.05) is 5.73 Å². The van der Waals surface area contributed by atoms with E-state index in [0.717, 1.165) is 0 Å². The summed E-state index contributed by atoms with van der Waals surface area (Å²) >= 11 is 0. The molecule has 0 aliphatic heterocycles. The Kier molecular flexibility index (Phi) is 2.07. The van der Waals surface area contributed by atoms with Crippen molar-refractivity contribution in [2.24, 2.45) is 0 Å². The van der Waals surface area contributed by atoms with E-state index in [9.17, 15) is 9.50 Å². The molecule has 0 aliphatic carbocycles. The highest BCUT2D eigenvalue weighted by Gasteiger charge is 2.15. The third-order valence-corrected chi connectivity index (χ3v) is 2.15. The first-order valence-corrected chi connectivity index (χ1v) is 4.30. The molecule has 5 heteroatoms. The number of nitrogens with two attached hydrogens (primary N) is 1. The largest absolute Gasteiger partial charge is 0.507 e. The van der Waals surface area contributed by atoms with Gasteiger partial charge in [-0.3, -0.25) is 0 Å². The average Bonchev–Trinajstić information content (AvgIpc) is 2.59. The molecule has 3 N–H and O–H groups in total. The van der Waals surface area contributed by atoms with Gasteiger partial charge in [0.05, 0.1) is 5.56 Å². The number of hydrogen-bond donors (Lipinski definition) is 2. The lowest BCUT2D eigenvalue weighted by Gasteiger charge is -2.05. The van der Waals surface area contributed by atoms with Gasteiger partial charge in [0.25, 0.3) is 0 Å². The molecule has 0 aliphatic rings. The zero-order chi connectivity index (χ0) is 11.0. The number of benzene rings is 1. The number of hydrogen-bond acceptors (Lipinski definition) is 4. The number of anilines is 1. The number of aromatic nitrogens is 1. The molecule has 2 aromatic rings. The average molecular weight is 208 g/mol. The van der Waals surface area contributed by atoms with E-state index in [0.29, 0.717) is 5.56 Å². The maximum absolute atomic E-state index is 13.2. The summed E-state index contributed by atoms with van der Waals surface area (Å²) in [5, 5.41) is 13.1. The molecule has 0 spiro atoms. The van der Waals surface area contributed by atoms with E-state index in [4.69, 9.17) is 10.3 Å². The highest BCUT2D eigenvalue weighted by molar-refractivity contribution is 5.70. The van der Waals surface area contributed by atoms with Crippen LogP contribution in [0.2, 0.25) is 0 Å². The summed E-state index contributed by atoms with van der Waals surface area (Å²) < 4.78 is 18.1. The topological polar surface area (TPSA) is 72.3 Å². The third-order valence-electron chi connectivity index (χ3n) is 2.15. The Hall–Kier alpha value is -2.04. The van der Waals surface area contributed by atoms with Gasteiger partial charge in [-0.05, 0) is 24.6 Å². The van der Waals surface area contributed by atoms with Crippen LogP contribution in [0.4, 0.5) is 10.2 Å². The predicted octanol–water partition coefficient (Wildman–Crippen LogP) is 2.08. The smallest absolute Gasteiger partial charge is 0.173 e. The van der Waals surface area contributed by atoms with Crippen molar-refractivity contribution in [1.82, 2.24) is 5.16 Å². The second kappa shape index (κ2) is 3.27. The number of phenolic OH excluding ortho intramolecular Hbond substituents is 1. The normalized spacial score (nSPS) is 10.5. The highest BCUT2D eigenvalue weighted by atomic mass is 19.1. The van der Waals surface area contributed by atoms with Crippen molar-refractivity contribution in [1.29, 1.82) is 0 Å². The Morgan fingerprint density at radius 1 is 1.47 bits per heavy atom. The number of phenols is 1. The standard InChI is InChI=1S/C10H9FN2O2/c1-5-6(11)2-3-7(14)10(5)8-4-9(12)13-15-8/h2-4,14H,1H3,(H2,12,13). The Balaban J connectivity index is 2.66. The summed E-state index contributed by atoms with van der Waals surface area (Å²) in [7, 11) is 0. The third kappa shape index (κ3) is 1.52. The fourth-order valence-electron chi connectivity index (χ4n) is 1.39. The Morgan fingerprint density at radius 3 is 2.80 bits per heavy atom. The number of nitrogens with zero attached hydrogens (tertiary/aromatic N) is 1. The molecule has 4 nitrogen and oxygen atoms in total. The number of aromatic hydroxyl groups is 1. The van der Waals surface area contributed by atoms with Crippen LogP contribution >= 0.6 is 0 Å². The highest BCUT2D eigenvalue weighted by Crippen LogP contribution is 2.34. The fourth-order valence-corrected chi connectivity index (χ4v) is 1.39. The molecule has 0 saturated heterocycles. The molecule has 1 aromatic carbocycles. The summed E-state index contributed by atoms with van der Waals surface area (Å²) in [5.41, 5.74) is 5.95. The summed E-state index contributed by atoms with van der Waals surface area (Å²) in [5.74, 6) is -0.0436. The van der Waals surface area contributed by atoms with Gasteiger partial charge in [-0.1, -0.05) is 5.16 Å². The zero-order valence-electron chi connectivity index (χ0n) is 7.99. The van der Waals surface area contributed by atoms with E-state index in [1.54, 1.807) is 6.92 Å². The maximum Gasteiger partial charge on any atom is 0.173 e. The monoisotopic (exact) mass is 208 g/mol. The zero-order valence-corrected chi connectivity index (χ0v) is 7.99. The van der Waals surface area contributed by atoms with Crippen LogP contribution in [0.5, 0.6) is 5.75 Å². The molecule has 0 radical (unpaired) electrons. The molecule has 0 saturated carbocycles. The quantitative estimate of drug-likeness (QED) is 0.752. The van der Waals surface area contributed by atoms with Gasteiger partial charge in [-0.15, -0.1) is 0 Å². The summed E-state index contributed by atoms with van der Waals surface area (Å²) in [6.07, 6.45) is 0. The fraction of sp³-hybridized carbons (Fsp3) is 0.100.